The van der Waals surface area contributed by atoms with Crippen LogP contribution < -0.4 is 0 Å². The predicted octanol–water partition coefficient (Wildman–Crippen LogP) is 6.00. The molecule has 21 heavy (non-hydrogen) atoms. The summed E-state index contributed by atoms with van der Waals surface area (Å²) in [5.74, 6) is 0.328. The van der Waals surface area contributed by atoms with Crippen LogP contribution >= 0.6 is 19.2 Å². The van der Waals surface area contributed by atoms with Crippen molar-refractivity contribution in [3.63, 3.8) is 0 Å². The van der Waals surface area contributed by atoms with Crippen molar-refractivity contribution in [2.45, 2.75) is 77.0 Å². The second kappa shape index (κ2) is 11.0. The highest BCUT2D eigenvalue weighted by Crippen LogP contribution is 2.50. The zero-order valence-corrected chi connectivity index (χ0v) is 15.3. The third-order valence-electron chi connectivity index (χ3n) is 4.12. The second-order valence-electron chi connectivity index (χ2n) is 6.08. The van der Waals surface area contributed by atoms with E-state index < -0.39 is 7.60 Å². The molecule has 0 spiro atoms. The summed E-state index contributed by atoms with van der Waals surface area (Å²) in [6.07, 6.45) is 10.2. The molecule has 5 heteroatoms. The number of hydrogen-bond acceptors (Lipinski definition) is 3. The molecule has 0 heterocycles. The van der Waals surface area contributed by atoms with E-state index in [0.717, 1.165) is 44.9 Å². The molecule has 3 unspecified atom stereocenters. The van der Waals surface area contributed by atoms with E-state index in [4.69, 9.17) is 20.6 Å². The maximum atomic E-state index is 12.8. The van der Waals surface area contributed by atoms with E-state index in [0.29, 0.717) is 25.3 Å². The third-order valence-corrected chi connectivity index (χ3v) is 6.68. The zero-order valence-electron chi connectivity index (χ0n) is 13.7. The van der Waals surface area contributed by atoms with Gasteiger partial charge < -0.3 is 9.05 Å². The SMILES string of the molecule is CCCCCOP(=O)(CCCC)OCC1CCCCC1Cl. The summed E-state index contributed by atoms with van der Waals surface area (Å²) in [6.45, 7) is 5.28. The van der Waals surface area contributed by atoms with E-state index in [9.17, 15) is 4.57 Å². The normalized spacial score (nSPS) is 25.7. The minimum atomic E-state index is -2.93. The van der Waals surface area contributed by atoms with Crippen molar-refractivity contribution in [3.8, 4) is 0 Å². The van der Waals surface area contributed by atoms with E-state index in [1.54, 1.807) is 0 Å². The van der Waals surface area contributed by atoms with E-state index >= 15 is 0 Å². The minimum Gasteiger partial charge on any atom is -0.309 e. The molecule has 3 nitrogen and oxygen atoms in total. The van der Waals surface area contributed by atoms with Gasteiger partial charge in [0.15, 0.2) is 0 Å². The quantitative estimate of drug-likeness (QED) is 0.263. The lowest BCUT2D eigenvalue weighted by Crippen LogP contribution is -2.24. The van der Waals surface area contributed by atoms with Gasteiger partial charge in [0.1, 0.15) is 0 Å². The topological polar surface area (TPSA) is 35.5 Å². The maximum Gasteiger partial charge on any atom is 0.330 e. The first-order valence-corrected chi connectivity index (χ1v) is 10.8. The zero-order chi connectivity index (χ0) is 15.6. The Morgan fingerprint density at radius 3 is 2.43 bits per heavy atom. The van der Waals surface area contributed by atoms with Gasteiger partial charge in [0.2, 0.25) is 0 Å². The number of rotatable bonds is 11. The average molecular weight is 339 g/mol. The second-order valence-corrected chi connectivity index (χ2v) is 8.83. The van der Waals surface area contributed by atoms with Crippen LogP contribution in [0.2, 0.25) is 0 Å². The first kappa shape index (κ1) is 19.5. The molecule has 1 aliphatic carbocycles. The fourth-order valence-corrected chi connectivity index (χ4v) is 4.85. The van der Waals surface area contributed by atoms with Crippen LogP contribution in [-0.2, 0) is 13.6 Å². The van der Waals surface area contributed by atoms with Crippen molar-refractivity contribution in [2.24, 2.45) is 5.92 Å². The van der Waals surface area contributed by atoms with Crippen LogP contribution in [0.1, 0.15) is 71.6 Å². The average Bonchev–Trinajstić information content (AvgIpc) is 2.49. The van der Waals surface area contributed by atoms with Crippen LogP contribution in [0.15, 0.2) is 0 Å². The number of alkyl halides is 1. The van der Waals surface area contributed by atoms with Crippen LogP contribution in [0.4, 0.5) is 0 Å². The Balaban J connectivity index is 2.41. The maximum absolute atomic E-state index is 12.8. The molecule has 0 saturated heterocycles. The smallest absolute Gasteiger partial charge is 0.309 e. The van der Waals surface area contributed by atoms with Gasteiger partial charge in [-0.1, -0.05) is 46.0 Å². The van der Waals surface area contributed by atoms with Gasteiger partial charge in [0, 0.05) is 5.38 Å². The largest absolute Gasteiger partial charge is 0.330 e. The molecule has 0 aromatic carbocycles. The fraction of sp³-hybridized carbons (Fsp3) is 1.00. The van der Waals surface area contributed by atoms with Crippen molar-refractivity contribution in [2.75, 3.05) is 19.4 Å². The van der Waals surface area contributed by atoms with Crippen molar-refractivity contribution in [3.05, 3.63) is 0 Å². The van der Waals surface area contributed by atoms with Gasteiger partial charge in [0.05, 0.1) is 19.4 Å². The molecular weight excluding hydrogens is 307 g/mol. The highest BCUT2D eigenvalue weighted by Gasteiger charge is 2.29. The monoisotopic (exact) mass is 338 g/mol. The molecule has 0 radical (unpaired) electrons. The first-order chi connectivity index (χ1) is 10.1. The van der Waals surface area contributed by atoms with E-state index in [1.807, 2.05) is 0 Å². The number of hydrogen-bond donors (Lipinski definition) is 0. The lowest BCUT2D eigenvalue weighted by molar-refractivity contribution is 0.161. The molecule has 1 rings (SSSR count). The Bertz CT molecular complexity index is 312. The molecule has 0 N–H and O–H groups in total. The summed E-state index contributed by atoms with van der Waals surface area (Å²) in [4.78, 5) is 0. The van der Waals surface area contributed by atoms with E-state index in [-0.39, 0.29) is 5.38 Å². The van der Waals surface area contributed by atoms with Gasteiger partial charge in [-0.25, -0.2) is 0 Å². The Kier molecular flexibility index (Phi) is 10.3. The molecule has 0 aliphatic heterocycles. The summed E-state index contributed by atoms with van der Waals surface area (Å²) >= 11 is 6.35. The minimum absolute atomic E-state index is 0.165. The van der Waals surface area contributed by atoms with Gasteiger partial charge in [-0.3, -0.25) is 4.57 Å². The molecule has 0 aromatic heterocycles. The molecule has 0 aromatic rings. The summed E-state index contributed by atoms with van der Waals surface area (Å²) in [5.41, 5.74) is 0. The molecule has 1 aliphatic rings. The summed E-state index contributed by atoms with van der Waals surface area (Å²) in [7, 11) is -2.93. The highest BCUT2D eigenvalue weighted by molar-refractivity contribution is 7.53. The summed E-state index contributed by atoms with van der Waals surface area (Å²) < 4.78 is 24.2. The lowest BCUT2D eigenvalue weighted by Gasteiger charge is -2.28. The Labute approximate surface area is 135 Å². The van der Waals surface area contributed by atoms with Crippen LogP contribution in [0.25, 0.3) is 0 Å². The van der Waals surface area contributed by atoms with Gasteiger partial charge in [-0.05, 0) is 31.6 Å². The highest BCUT2D eigenvalue weighted by atomic mass is 35.5. The van der Waals surface area contributed by atoms with Crippen molar-refractivity contribution in [1.29, 1.82) is 0 Å². The van der Waals surface area contributed by atoms with Crippen molar-refractivity contribution in [1.82, 2.24) is 0 Å². The molecule has 3 atom stereocenters. The number of unbranched alkanes of at least 4 members (excludes halogenated alkanes) is 3. The first-order valence-electron chi connectivity index (χ1n) is 8.63. The van der Waals surface area contributed by atoms with Crippen LogP contribution in [0.5, 0.6) is 0 Å². The molecule has 1 saturated carbocycles. The third kappa shape index (κ3) is 8.02. The van der Waals surface area contributed by atoms with Gasteiger partial charge in [-0.2, -0.15) is 0 Å². The van der Waals surface area contributed by atoms with Crippen LogP contribution in [-0.4, -0.2) is 24.8 Å². The molecule has 126 valence electrons. The Morgan fingerprint density at radius 2 is 1.76 bits per heavy atom. The Hall–Kier alpha value is 0.440. The molecular formula is C16H32ClO3P. The summed E-state index contributed by atoms with van der Waals surface area (Å²) in [5, 5.41) is 0.165. The van der Waals surface area contributed by atoms with Crippen LogP contribution in [0, 0.1) is 5.92 Å². The van der Waals surface area contributed by atoms with Crippen molar-refractivity contribution >= 4 is 19.2 Å². The number of halogens is 1. The van der Waals surface area contributed by atoms with Crippen molar-refractivity contribution < 1.29 is 13.6 Å². The lowest BCUT2D eigenvalue weighted by atomic mass is 9.89. The predicted molar refractivity (Wildman–Crippen MR) is 90.4 cm³/mol. The van der Waals surface area contributed by atoms with Gasteiger partial charge >= 0.3 is 7.60 Å². The Morgan fingerprint density at radius 1 is 1.05 bits per heavy atom. The molecule has 0 amide bonds. The molecule has 1 fully saturated rings. The standard InChI is InChI=1S/C16H32ClO3P/c1-3-5-9-12-19-21(18,13-6-4-2)20-14-15-10-7-8-11-16(15)17/h15-16H,3-14H2,1-2H3. The fourth-order valence-electron chi connectivity index (χ4n) is 2.63. The van der Waals surface area contributed by atoms with Gasteiger partial charge in [0.25, 0.3) is 0 Å². The summed E-state index contributed by atoms with van der Waals surface area (Å²) in [6, 6.07) is 0. The van der Waals surface area contributed by atoms with Crippen LogP contribution in [0.3, 0.4) is 0 Å². The van der Waals surface area contributed by atoms with E-state index in [2.05, 4.69) is 13.8 Å². The molecule has 0 bridgehead atoms. The van der Waals surface area contributed by atoms with E-state index in [1.165, 1.54) is 12.8 Å². The van der Waals surface area contributed by atoms with Gasteiger partial charge in [-0.15, -0.1) is 11.6 Å².